The average molecular weight is 528 g/mol. The number of morpholine rings is 1. The van der Waals surface area contributed by atoms with Gasteiger partial charge in [0.2, 0.25) is 5.91 Å². The highest BCUT2D eigenvalue weighted by atomic mass is 127. The lowest BCUT2D eigenvalue weighted by Gasteiger charge is -2.35. The van der Waals surface area contributed by atoms with Crippen LogP contribution in [-0.2, 0) is 15.7 Å². The lowest BCUT2D eigenvalue weighted by molar-refractivity contribution is -0.137. The molecule has 10 heteroatoms. The molecule has 1 aliphatic heterocycles. The van der Waals surface area contributed by atoms with Crippen molar-refractivity contribution in [3.05, 3.63) is 35.4 Å². The predicted molar refractivity (Wildman–Crippen MR) is 116 cm³/mol. The van der Waals surface area contributed by atoms with E-state index in [1.54, 1.807) is 13.1 Å². The van der Waals surface area contributed by atoms with E-state index in [9.17, 15) is 18.0 Å². The van der Waals surface area contributed by atoms with E-state index in [4.69, 9.17) is 4.74 Å². The van der Waals surface area contributed by atoms with Gasteiger partial charge in [-0.25, -0.2) is 0 Å². The molecule has 0 spiro atoms. The number of alkyl halides is 3. The number of rotatable bonds is 5. The third kappa shape index (κ3) is 7.65. The van der Waals surface area contributed by atoms with Gasteiger partial charge in [0.15, 0.2) is 5.96 Å². The molecule has 1 aromatic carbocycles. The van der Waals surface area contributed by atoms with E-state index in [0.29, 0.717) is 44.3 Å². The average Bonchev–Trinajstić information content (AvgIpc) is 2.67. The predicted octanol–water partition coefficient (Wildman–Crippen LogP) is 3.04. The summed E-state index contributed by atoms with van der Waals surface area (Å²) in [7, 11) is 1.64. The Kier molecular flexibility index (Phi) is 10.2. The zero-order valence-corrected chi connectivity index (χ0v) is 19.1. The molecule has 0 saturated carbocycles. The molecule has 1 aromatic rings. The summed E-state index contributed by atoms with van der Waals surface area (Å²) in [5.41, 5.74) is -0.201. The zero-order chi connectivity index (χ0) is 20.7. The first kappa shape index (κ1) is 25.5. The first-order valence-corrected chi connectivity index (χ1v) is 9.24. The summed E-state index contributed by atoms with van der Waals surface area (Å²) in [4.78, 5) is 17.8. The molecule has 0 radical (unpaired) electrons. The van der Waals surface area contributed by atoms with Crippen molar-refractivity contribution in [2.75, 3.05) is 39.8 Å². The summed E-state index contributed by atoms with van der Waals surface area (Å²) >= 11 is 0. The molecule has 1 fully saturated rings. The summed E-state index contributed by atoms with van der Waals surface area (Å²) in [6, 6.07) is 5.22. The highest BCUT2D eigenvalue weighted by Crippen LogP contribution is 2.32. The van der Waals surface area contributed by atoms with Crippen LogP contribution in [-0.4, -0.2) is 56.6 Å². The monoisotopic (exact) mass is 528 g/mol. The van der Waals surface area contributed by atoms with Crippen molar-refractivity contribution < 1.29 is 22.7 Å². The molecule has 164 valence electrons. The van der Waals surface area contributed by atoms with Crippen molar-refractivity contribution in [2.24, 2.45) is 10.9 Å². The number of ether oxygens (including phenoxy) is 1. The van der Waals surface area contributed by atoms with Gasteiger partial charge >= 0.3 is 6.18 Å². The number of guanidine groups is 1. The number of carbonyl (C=O) groups excluding carboxylic acids is 1. The van der Waals surface area contributed by atoms with E-state index < -0.39 is 17.8 Å². The van der Waals surface area contributed by atoms with Crippen LogP contribution in [0.1, 0.15) is 31.1 Å². The van der Waals surface area contributed by atoms with Crippen LogP contribution in [0.4, 0.5) is 13.2 Å². The molecular weight excluding hydrogens is 500 g/mol. The normalized spacial score (nSPS) is 17.7. The molecule has 1 amide bonds. The van der Waals surface area contributed by atoms with Crippen molar-refractivity contribution in [3.8, 4) is 0 Å². The Bertz CT molecular complexity index is 698. The molecule has 0 bridgehead atoms. The quantitative estimate of drug-likeness (QED) is 0.267. The standard InChI is InChI=1S/C19H27F3N4O2.HI/c1-13(2)17(27)24-7-8-25-18(23-3)26-9-10-28-16(12-26)14-5-4-6-15(11-14)19(20,21)22;/h4-6,11,13,16H,7-10,12H2,1-3H3,(H,23,25)(H,24,27);1H. The smallest absolute Gasteiger partial charge is 0.370 e. The second-order valence-corrected chi connectivity index (χ2v) is 6.85. The molecule has 2 rings (SSSR count). The van der Waals surface area contributed by atoms with E-state index in [2.05, 4.69) is 15.6 Å². The lowest BCUT2D eigenvalue weighted by atomic mass is 10.0. The minimum absolute atomic E-state index is 0. The molecule has 1 aliphatic rings. The van der Waals surface area contributed by atoms with Crippen LogP contribution in [0.5, 0.6) is 0 Å². The number of amides is 1. The number of nitrogens with one attached hydrogen (secondary N) is 2. The van der Waals surface area contributed by atoms with Crippen molar-refractivity contribution >= 4 is 35.8 Å². The first-order chi connectivity index (χ1) is 13.2. The van der Waals surface area contributed by atoms with Crippen LogP contribution in [0.2, 0.25) is 0 Å². The highest BCUT2D eigenvalue weighted by molar-refractivity contribution is 14.0. The number of nitrogens with zero attached hydrogens (tertiary/aromatic N) is 2. The molecule has 0 aliphatic carbocycles. The maximum atomic E-state index is 13.0. The Morgan fingerprint density at radius 1 is 1.31 bits per heavy atom. The Morgan fingerprint density at radius 2 is 2.00 bits per heavy atom. The SMILES string of the molecule is CN=C(NCCNC(=O)C(C)C)N1CCOC(c2cccc(C(F)(F)F)c2)C1.I. The van der Waals surface area contributed by atoms with Gasteiger partial charge < -0.3 is 20.3 Å². The molecule has 2 N–H and O–H groups in total. The minimum Gasteiger partial charge on any atom is -0.370 e. The molecule has 29 heavy (non-hydrogen) atoms. The van der Waals surface area contributed by atoms with Crippen molar-refractivity contribution in [2.45, 2.75) is 26.1 Å². The van der Waals surface area contributed by atoms with E-state index in [1.165, 1.54) is 6.07 Å². The molecule has 1 unspecified atom stereocenters. The number of aliphatic imine (C=N–C) groups is 1. The van der Waals surface area contributed by atoms with Gasteiger partial charge in [-0.2, -0.15) is 13.2 Å². The van der Waals surface area contributed by atoms with Crippen LogP contribution in [0.3, 0.4) is 0 Å². The molecule has 1 heterocycles. The third-order valence-electron chi connectivity index (χ3n) is 4.40. The number of benzene rings is 1. The second kappa shape index (κ2) is 11.6. The van der Waals surface area contributed by atoms with Crippen LogP contribution >= 0.6 is 24.0 Å². The molecule has 1 saturated heterocycles. The Labute approximate surface area is 186 Å². The number of hydrogen-bond acceptors (Lipinski definition) is 3. The summed E-state index contributed by atoms with van der Waals surface area (Å²) < 4.78 is 44.6. The summed E-state index contributed by atoms with van der Waals surface area (Å²) in [6.45, 7) is 5.94. The molecule has 0 aromatic heterocycles. The Balaban J connectivity index is 0.00000420. The lowest BCUT2D eigenvalue weighted by Crippen LogP contribution is -2.49. The fourth-order valence-corrected chi connectivity index (χ4v) is 2.85. The van der Waals surface area contributed by atoms with E-state index in [-0.39, 0.29) is 35.8 Å². The van der Waals surface area contributed by atoms with Crippen LogP contribution in [0.15, 0.2) is 29.3 Å². The van der Waals surface area contributed by atoms with Crippen LogP contribution in [0.25, 0.3) is 0 Å². The molecule has 1 atom stereocenters. The van der Waals surface area contributed by atoms with Crippen molar-refractivity contribution in [1.29, 1.82) is 0 Å². The van der Waals surface area contributed by atoms with Gasteiger partial charge in [-0.3, -0.25) is 9.79 Å². The second-order valence-electron chi connectivity index (χ2n) is 6.85. The van der Waals surface area contributed by atoms with Crippen molar-refractivity contribution in [1.82, 2.24) is 15.5 Å². The topological polar surface area (TPSA) is 66.0 Å². The van der Waals surface area contributed by atoms with E-state index in [1.807, 2.05) is 18.7 Å². The highest BCUT2D eigenvalue weighted by Gasteiger charge is 2.32. The van der Waals surface area contributed by atoms with Crippen LogP contribution in [0, 0.1) is 5.92 Å². The number of hydrogen-bond donors (Lipinski definition) is 2. The number of halogens is 4. The maximum absolute atomic E-state index is 13.0. The zero-order valence-electron chi connectivity index (χ0n) is 16.8. The fourth-order valence-electron chi connectivity index (χ4n) is 2.85. The van der Waals surface area contributed by atoms with Gasteiger partial charge in [0, 0.05) is 32.6 Å². The van der Waals surface area contributed by atoms with Gasteiger partial charge in [0.1, 0.15) is 6.10 Å². The fraction of sp³-hybridized carbons (Fsp3) is 0.579. The van der Waals surface area contributed by atoms with Gasteiger partial charge in [0.25, 0.3) is 0 Å². The molecule has 6 nitrogen and oxygen atoms in total. The Hall–Kier alpha value is -1.56. The van der Waals surface area contributed by atoms with Crippen LogP contribution < -0.4 is 10.6 Å². The summed E-state index contributed by atoms with van der Waals surface area (Å²) in [6.07, 6.45) is -4.86. The number of carbonyl (C=O) groups is 1. The van der Waals surface area contributed by atoms with E-state index >= 15 is 0 Å². The van der Waals surface area contributed by atoms with Gasteiger partial charge in [-0.15, -0.1) is 24.0 Å². The summed E-state index contributed by atoms with van der Waals surface area (Å²) in [5, 5.41) is 5.98. The van der Waals surface area contributed by atoms with E-state index in [0.717, 1.165) is 12.1 Å². The Morgan fingerprint density at radius 3 is 2.62 bits per heavy atom. The third-order valence-corrected chi connectivity index (χ3v) is 4.40. The minimum atomic E-state index is -4.39. The van der Waals surface area contributed by atoms with Gasteiger partial charge in [0.05, 0.1) is 18.7 Å². The van der Waals surface area contributed by atoms with Gasteiger partial charge in [-0.05, 0) is 17.7 Å². The summed E-state index contributed by atoms with van der Waals surface area (Å²) in [5.74, 6) is 0.526. The van der Waals surface area contributed by atoms with Crippen molar-refractivity contribution in [3.63, 3.8) is 0 Å². The van der Waals surface area contributed by atoms with Gasteiger partial charge in [-0.1, -0.05) is 26.0 Å². The molecular formula is C19H28F3IN4O2. The largest absolute Gasteiger partial charge is 0.416 e. The maximum Gasteiger partial charge on any atom is 0.416 e. The first-order valence-electron chi connectivity index (χ1n) is 9.24.